The van der Waals surface area contributed by atoms with Crippen molar-refractivity contribution in [1.82, 2.24) is 19.5 Å². The number of pyridine rings is 1. The van der Waals surface area contributed by atoms with Crippen LogP contribution in [0.4, 0.5) is 5.82 Å². The molecule has 3 rings (SSSR count). The first-order valence-electron chi connectivity index (χ1n) is 8.88. The van der Waals surface area contributed by atoms with Crippen molar-refractivity contribution in [3.8, 4) is 11.3 Å². The van der Waals surface area contributed by atoms with Crippen LogP contribution in [0.15, 0.2) is 18.3 Å². The molecule has 5 nitrogen and oxygen atoms in total. The third-order valence-corrected chi connectivity index (χ3v) is 4.56. The maximum Gasteiger partial charge on any atom is 0.159 e. The average Bonchev–Trinajstić information content (AvgIpc) is 2.89. The molecular weight excluding hydrogens is 310 g/mol. The summed E-state index contributed by atoms with van der Waals surface area (Å²) in [6.45, 7) is 12.7. The molecular formula is C20H27N5. The predicted octanol–water partition coefficient (Wildman–Crippen LogP) is 4.86. The third kappa shape index (κ3) is 2.99. The summed E-state index contributed by atoms with van der Waals surface area (Å²) in [7, 11) is 1.90. The quantitative estimate of drug-likeness (QED) is 0.739. The lowest BCUT2D eigenvalue weighted by molar-refractivity contribution is 0.616. The Labute approximate surface area is 149 Å². The number of hydrogen-bond acceptors (Lipinski definition) is 4. The Morgan fingerprint density at radius 1 is 1.00 bits per heavy atom. The second kappa shape index (κ2) is 6.47. The van der Waals surface area contributed by atoms with E-state index in [1.807, 2.05) is 14.0 Å². The molecule has 0 bridgehead atoms. The molecule has 3 aromatic heterocycles. The summed E-state index contributed by atoms with van der Waals surface area (Å²) in [5, 5.41) is 3.22. The van der Waals surface area contributed by atoms with E-state index in [9.17, 15) is 0 Å². The summed E-state index contributed by atoms with van der Waals surface area (Å²) in [5.41, 5.74) is 6.94. The van der Waals surface area contributed by atoms with Crippen LogP contribution in [0.25, 0.3) is 22.4 Å². The van der Waals surface area contributed by atoms with Gasteiger partial charge in [0.25, 0.3) is 0 Å². The minimum atomic E-state index is 0.357. The molecule has 25 heavy (non-hydrogen) atoms. The van der Waals surface area contributed by atoms with Crippen molar-refractivity contribution in [2.45, 2.75) is 53.5 Å². The Kier molecular flexibility index (Phi) is 4.50. The fraction of sp³-hybridized carbons (Fsp3) is 0.450. The van der Waals surface area contributed by atoms with E-state index in [4.69, 9.17) is 15.0 Å². The highest BCUT2D eigenvalue weighted by molar-refractivity contribution is 5.82. The third-order valence-electron chi connectivity index (χ3n) is 4.56. The van der Waals surface area contributed by atoms with Gasteiger partial charge >= 0.3 is 0 Å². The fourth-order valence-corrected chi connectivity index (χ4v) is 3.11. The lowest BCUT2D eigenvalue weighted by Crippen LogP contribution is -2.05. The Morgan fingerprint density at radius 3 is 2.32 bits per heavy atom. The Balaban J connectivity index is 2.23. The summed E-state index contributed by atoms with van der Waals surface area (Å²) in [6.07, 6.45) is 2.14. The van der Waals surface area contributed by atoms with Crippen molar-refractivity contribution in [1.29, 1.82) is 0 Å². The Morgan fingerprint density at radius 2 is 1.72 bits per heavy atom. The minimum Gasteiger partial charge on any atom is -0.373 e. The number of rotatable bonds is 4. The van der Waals surface area contributed by atoms with Gasteiger partial charge in [-0.25, -0.2) is 15.0 Å². The molecule has 0 aliphatic heterocycles. The first-order chi connectivity index (χ1) is 11.8. The molecule has 1 N–H and O–H groups in total. The van der Waals surface area contributed by atoms with Gasteiger partial charge in [-0.15, -0.1) is 0 Å². The first-order valence-corrected chi connectivity index (χ1v) is 8.88. The summed E-state index contributed by atoms with van der Waals surface area (Å²) >= 11 is 0. The second-order valence-electron chi connectivity index (χ2n) is 7.18. The van der Waals surface area contributed by atoms with Crippen LogP contribution in [-0.4, -0.2) is 26.6 Å². The maximum absolute atomic E-state index is 4.97. The van der Waals surface area contributed by atoms with Crippen LogP contribution in [0, 0.1) is 13.8 Å². The van der Waals surface area contributed by atoms with E-state index in [2.05, 4.69) is 62.8 Å². The Hall–Kier alpha value is -2.43. The molecule has 0 aliphatic rings. The SMILES string of the molecule is CNc1nc(C(C)C)ccc1-c1nc2c(C)cn(C(C)C)c2nc1C. The number of anilines is 1. The summed E-state index contributed by atoms with van der Waals surface area (Å²) in [5.74, 6) is 1.24. The normalized spacial score (nSPS) is 11.7. The molecule has 0 atom stereocenters. The van der Waals surface area contributed by atoms with Crippen LogP contribution >= 0.6 is 0 Å². The predicted molar refractivity (Wildman–Crippen MR) is 104 cm³/mol. The van der Waals surface area contributed by atoms with Gasteiger partial charge in [-0.2, -0.15) is 0 Å². The zero-order valence-electron chi connectivity index (χ0n) is 16.2. The van der Waals surface area contributed by atoms with Crippen molar-refractivity contribution in [2.24, 2.45) is 0 Å². The van der Waals surface area contributed by atoms with E-state index in [1.54, 1.807) is 0 Å². The van der Waals surface area contributed by atoms with E-state index in [0.717, 1.165) is 45.2 Å². The monoisotopic (exact) mass is 337 g/mol. The molecule has 0 saturated heterocycles. The van der Waals surface area contributed by atoms with Gasteiger partial charge in [-0.05, 0) is 51.3 Å². The largest absolute Gasteiger partial charge is 0.373 e. The van der Waals surface area contributed by atoms with E-state index in [0.29, 0.717) is 12.0 Å². The molecule has 0 spiro atoms. The standard InChI is InChI=1S/C20H27N5/c1-11(2)16-9-8-15(19(21-7)23-16)18-14(6)22-20-17(24-18)13(5)10-25(20)12(3)4/h8-12H,1-7H3,(H,21,23). The minimum absolute atomic E-state index is 0.357. The average molecular weight is 337 g/mol. The number of aryl methyl sites for hydroxylation is 2. The lowest BCUT2D eigenvalue weighted by Gasteiger charge is -2.14. The Bertz CT molecular complexity index is 921. The molecule has 0 amide bonds. The van der Waals surface area contributed by atoms with Gasteiger partial charge < -0.3 is 9.88 Å². The van der Waals surface area contributed by atoms with Gasteiger partial charge in [-0.1, -0.05) is 13.8 Å². The van der Waals surface area contributed by atoms with Crippen LogP contribution in [0.1, 0.15) is 56.6 Å². The van der Waals surface area contributed by atoms with Crippen molar-refractivity contribution < 1.29 is 0 Å². The van der Waals surface area contributed by atoms with Crippen LogP contribution in [0.5, 0.6) is 0 Å². The highest BCUT2D eigenvalue weighted by atomic mass is 15.1. The van der Waals surface area contributed by atoms with Crippen molar-refractivity contribution >= 4 is 17.0 Å². The smallest absolute Gasteiger partial charge is 0.159 e. The molecule has 0 radical (unpaired) electrons. The maximum atomic E-state index is 4.97. The number of hydrogen-bond donors (Lipinski definition) is 1. The van der Waals surface area contributed by atoms with Crippen molar-refractivity contribution in [3.63, 3.8) is 0 Å². The zero-order chi connectivity index (χ0) is 18.3. The summed E-state index contributed by atoms with van der Waals surface area (Å²) in [6, 6.07) is 4.54. The number of nitrogens with one attached hydrogen (secondary N) is 1. The molecule has 0 unspecified atom stereocenters. The fourth-order valence-electron chi connectivity index (χ4n) is 3.11. The van der Waals surface area contributed by atoms with Gasteiger partial charge in [0.1, 0.15) is 11.3 Å². The van der Waals surface area contributed by atoms with Gasteiger partial charge in [-0.3, -0.25) is 0 Å². The molecule has 0 fully saturated rings. The number of aromatic nitrogens is 4. The van der Waals surface area contributed by atoms with E-state index < -0.39 is 0 Å². The molecule has 5 heteroatoms. The van der Waals surface area contributed by atoms with Gasteiger partial charge in [0, 0.05) is 30.5 Å². The van der Waals surface area contributed by atoms with Crippen LogP contribution in [-0.2, 0) is 0 Å². The van der Waals surface area contributed by atoms with Gasteiger partial charge in [0.2, 0.25) is 0 Å². The van der Waals surface area contributed by atoms with Crippen molar-refractivity contribution in [3.05, 3.63) is 35.3 Å². The second-order valence-corrected chi connectivity index (χ2v) is 7.18. The van der Waals surface area contributed by atoms with E-state index in [1.165, 1.54) is 0 Å². The number of fused-ring (bicyclic) bond motifs is 1. The van der Waals surface area contributed by atoms with Gasteiger partial charge in [0.05, 0.1) is 11.4 Å². The highest BCUT2D eigenvalue weighted by Gasteiger charge is 2.17. The van der Waals surface area contributed by atoms with Gasteiger partial charge in [0.15, 0.2) is 5.65 Å². The summed E-state index contributed by atoms with van der Waals surface area (Å²) in [4.78, 5) is 14.6. The van der Waals surface area contributed by atoms with E-state index >= 15 is 0 Å². The van der Waals surface area contributed by atoms with Crippen LogP contribution in [0.2, 0.25) is 0 Å². The molecule has 0 saturated carbocycles. The zero-order valence-corrected chi connectivity index (χ0v) is 16.2. The van der Waals surface area contributed by atoms with Crippen LogP contribution < -0.4 is 5.32 Å². The molecule has 132 valence electrons. The van der Waals surface area contributed by atoms with Crippen LogP contribution in [0.3, 0.4) is 0 Å². The molecule has 3 heterocycles. The topological polar surface area (TPSA) is 55.6 Å². The number of nitrogens with zero attached hydrogens (tertiary/aromatic N) is 4. The van der Waals surface area contributed by atoms with Crippen molar-refractivity contribution in [2.75, 3.05) is 12.4 Å². The molecule has 3 aromatic rings. The summed E-state index contributed by atoms with van der Waals surface area (Å²) < 4.78 is 2.19. The lowest BCUT2D eigenvalue weighted by atomic mass is 10.1. The molecule has 0 aromatic carbocycles. The first kappa shape index (κ1) is 17.4. The highest BCUT2D eigenvalue weighted by Crippen LogP contribution is 2.31. The van der Waals surface area contributed by atoms with E-state index in [-0.39, 0.29) is 0 Å². The molecule has 0 aliphatic carbocycles.